The quantitative estimate of drug-likeness (QED) is 0.452. The van der Waals surface area contributed by atoms with Gasteiger partial charge in [0.1, 0.15) is 0 Å². The molecule has 1 heterocycles. The molecule has 0 aromatic heterocycles. The standard InChI is InChI=1S/C22H23Cl2N3OS/c1-15-4-2-3-13-27(15)19-10-8-18(9-11-19)25-22(29)26-21(28)12-6-16-5-7-17(23)14-20(16)24/h5-12,14-15H,2-4,13H2,1H3,(H2,25,26,28,29)/b12-6+. The zero-order valence-corrected chi connectivity index (χ0v) is 18.4. The maximum absolute atomic E-state index is 12.1. The summed E-state index contributed by atoms with van der Waals surface area (Å²) in [5.41, 5.74) is 2.74. The predicted octanol–water partition coefficient (Wildman–Crippen LogP) is 5.90. The smallest absolute Gasteiger partial charge is 0.250 e. The van der Waals surface area contributed by atoms with Gasteiger partial charge in [-0.1, -0.05) is 29.3 Å². The molecular formula is C22H23Cl2N3OS. The van der Waals surface area contributed by atoms with Gasteiger partial charge in [0.05, 0.1) is 0 Å². The summed E-state index contributed by atoms with van der Waals surface area (Å²) in [5.74, 6) is -0.340. The van der Waals surface area contributed by atoms with Gasteiger partial charge in [0.15, 0.2) is 5.11 Å². The minimum Gasteiger partial charge on any atom is -0.369 e. The number of carbonyl (C=O) groups is 1. The van der Waals surface area contributed by atoms with Crippen molar-refractivity contribution in [1.82, 2.24) is 5.32 Å². The van der Waals surface area contributed by atoms with Gasteiger partial charge in [0, 0.05) is 40.1 Å². The predicted molar refractivity (Wildman–Crippen MR) is 127 cm³/mol. The Bertz CT molecular complexity index is 915. The van der Waals surface area contributed by atoms with Crippen molar-refractivity contribution in [3.63, 3.8) is 0 Å². The molecule has 1 amide bonds. The van der Waals surface area contributed by atoms with Crippen LogP contribution in [0, 0.1) is 0 Å². The van der Waals surface area contributed by atoms with Crippen molar-refractivity contribution in [2.24, 2.45) is 0 Å². The highest BCUT2D eigenvalue weighted by molar-refractivity contribution is 7.80. The second-order valence-corrected chi connectivity index (χ2v) is 8.28. The minimum atomic E-state index is -0.340. The molecule has 4 nitrogen and oxygen atoms in total. The lowest BCUT2D eigenvalue weighted by atomic mass is 10.0. The molecule has 1 saturated heterocycles. The number of hydrogen-bond donors (Lipinski definition) is 2. The number of amides is 1. The van der Waals surface area contributed by atoms with E-state index >= 15 is 0 Å². The highest BCUT2D eigenvalue weighted by Gasteiger charge is 2.18. The summed E-state index contributed by atoms with van der Waals surface area (Å²) in [6.45, 7) is 3.35. The summed E-state index contributed by atoms with van der Waals surface area (Å²) in [7, 11) is 0. The van der Waals surface area contributed by atoms with Gasteiger partial charge in [0.25, 0.3) is 0 Å². The molecule has 1 fully saturated rings. The molecule has 1 atom stereocenters. The third-order valence-corrected chi connectivity index (χ3v) is 5.64. The van der Waals surface area contributed by atoms with Gasteiger partial charge in [-0.15, -0.1) is 0 Å². The lowest BCUT2D eigenvalue weighted by Crippen LogP contribution is -2.37. The van der Waals surface area contributed by atoms with Crippen LogP contribution in [-0.4, -0.2) is 23.6 Å². The Kier molecular flexibility index (Phi) is 7.53. The maximum atomic E-state index is 12.1. The molecule has 2 aromatic rings. The average molecular weight is 448 g/mol. The van der Waals surface area contributed by atoms with E-state index in [2.05, 4.69) is 34.6 Å². The number of nitrogens with one attached hydrogen (secondary N) is 2. The second kappa shape index (κ2) is 10.1. The van der Waals surface area contributed by atoms with E-state index in [9.17, 15) is 4.79 Å². The Balaban J connectivity index is 1.53. The van der Waals surface area contributed by atoms with Crippen LogP contribution >= 0.6 is 35.4 Å². The molecular weight excluding hydrogens is 425 g/mol. The summed E-state index contributed by atoms with van der Waals surface area (Å²) < 4.78 is 0. The molecule has 7 heteroatoms. The summed E-state index contributed by atoms with van der Waals surface area (Å²) in [6.07, 6.45) is 6.75. The number of halogens is 2. The third-order valence-electron chi connectivity index (χ3n) is 4.87. The normalized spacial score (nSPS) is 16.7. The number of anilines is 2. The molecule has 152 valence electrons. The Morgan fingerprint density at radius 3 is 2.62 bits per heavy atom. The monoisotopic (exact) mass is 447 g/mol. The van der Waals surface area contributed by atoms with E-state index < -0.39 is 0 Å². The van der Waals surface area contributed by atoms with Crippen LogP contribution in [-0.2, 0) is 4.79 Å². The fourth-order valence-corrected chi connectivity index (χ4v) is 4.03. The Morgan fingerprint density at radius 1 is 1.17 bits per heavy atom. The van der Waals surface area contributed by atoms with Crippen molar-refractivity contribution in [2.45, 2.75) is 32.2 Å². The van der Waals surface area contributed by atoms with Crippen LogP contribution in [0.25, 0.3) is 6.08 Å². The van der Waals surface area contributed by atoms with E-state index in [-0.39, 0.29) is 11.0 Å². The van der Waals surface area contributed by atoms with E-state index in [1.165, 1.54) is 31.0 Å². The van der Waals surface area contributed by atoms with Gasteiger partial charge in [-0.05, 0) is 86.4 Å². The SMILES string of the molecule is CC1CCCCN1c1ccc(NC(=S)NC(=O)/C=C/c2ccc(Cl)cc2Cl)cc1. The molecule has 0 radical (unpaired) electrons. The van der Waals surface area contributed by atoms with Gasteiger partial charge in [-0.25, -0.2) is 0 Å². The van der Waals surface area contributed by atoms with Crippen molar-refractivity contribution in [1.29, 1.82) is 0 Å². The second-order valence-electron chi connectivity index (χ2n) is 7.03. The maximum Gasteiger partial charge on any atom is 0.250 e. The Labute approximate surface area is 186 Å². The summed E-state index contributed by atoms with van der Waals surface area (Å²) in [6, 6.07) is 13.7. The molecule has 0 aliphatic carbocycles. The average Bonchev–Trinajstić information content (AvgIpc) is 2.68. The van der Waals surface area contributed by atoms with Crippen molar-refractivity contribution in [3.8, 4) is 0 Å². The first-order chi connectivity index (χ1) is 13.9. The molecule has 3 rings (SSSR count). The molecule has 2 N–H and O–H groups in total. The minimum absolute atomic E-state index is 0.237. The van der Waals surface area contributed by atoms with Gasteiger partial charge in [0.2, 0.25) is 5.91 Å². The Hall–Kier alpha value is -2.08. The van der Waals surface area contributed by atoms with E-state index in [0.717, 1.165) is 12.2 Å². The highest BCUT2D eigenvalue weighted by Crippen LogP contribution is 2.26. The fraction of sp³-hybridized carbons (Fsp3) is 0.273. The van der Waals surface area contributed by atoms with Crippen LogP contribution in [0.5, 0.6) is 0 Å². The number of rotatable bonds is 4. The van der Waals surface area contributed by atoms with Gasteiger partial charge >= 0.3 is 0 Å². The number of nitrogens with zero attached hydrogens (tertiary/aromatic N) is 1. The van der Waals surface area contributed by atoms with E-state index in [0.29, 0.717) is 21.7 Å². The number of hydrogen-bond acceptors (Lipinski definition) is 3. The summed E-state index contributed by atoms with van der Waals surface area (Å²) in [5, 5.41) is 6.92. The van der Waals surface area contributed by atoms with Gasteiger partial charge in [-0.3, -0.25) is 10.1 Å². The number of benzene rings is 2. The third kappa shape index (κ3) is 6.20. The first kappa shape index (κ1) is 21.6. The van der Waals surface area contributed by atoms with Gasteiger partial charge < -0.3 is 10.2 Å². The van der Waals surface area contributed by atoms with Crippen LogP contribution < -0.4 is 15.5 Å². The van der Waals surface area contributed by atoms with Crippen molar-refractivity contribution in [3.05, 3.63) is 64.1 Å². The molecule has 2 aromatic carbocycles. The molecule has 29 heavy (non-hydrogen) atoms. The zero-order valence-electron chi connectivity index (χ0n) is 16.1. The van der Waals surface area contributed by atoms with Crippen LogP contribution in [0.3, 0.4) is 0 Å². The van der Waals surface area contributed by atoms with E-state index in [1.54, 1.807) is 24.3 Å². The first-order valence-corrected chi connectivity index (χ1v) is 10.7. The number of thiocarbonyl (C=S) groups is 1. The molecule has 1 unspecified atom stereocenters. The zero-order chi connectivity index (χ0) is 20.8. The number of piperidine rings is 1. The van der Waals surface area contributed by atoms with Crippen LogP contribution in [0.1, 0.15) is 31.7 Å². The molecule has 0 spiro atoms. The van der Waals surface area contributed by atoms with Crippen LogP contribution in [0.2, 0.25) is 10.0 Å². The van der Waals surface area contributed by atoms with Crippen molar-refractivity contribution < 1.29 is 4.79 Å². The van der Waals surface area contributed by atoms with Crippen LogP contribution in [0.4, 0.5) is 11.4 Å². The lowest BCUT2D eigenvalue weighted by molar-refractivity contribution is -0.115. The highest BCUT2D eigenvalue weighted by atomic mass is 35.5. The first-order valence-electron chi connectivity index (χ1n) is 9.54. The molecule has 1 aliphatic heterocycles. The summed E-state index contributed by atoms with van der Waals surface area (Å²) in [4.78, 5) is 14.5. The topological polar surface area (TPSA) is 44.4 Å². The fourth-order valence-electron chi connectivity index (χ4n) is 3.34. The van der Waals surface area contributed by atoms with E-state index in [1.807, 2.05) is 12.1 Å². The van der Waals surface area contributed by atoms with Gasteiger partial charge in [-0.2, -0.15) is 0 Å². The van der Waals surface area contributed by atoms with E-state index in [4.69, 9.17) is 35.4 Å². The molecule has 0 saturated carbocycles. The lowest BCUT2D eigenvalue weighted by Gasteiger charge is -2.35. The van der Waals surface area contributed by atoms with Crippen molar-refractivity contribution in [2.75, 3.05) is 16.8 Å². The van der Waals surface area contributed by atoms with Crippen molar-refractivity contribution >= 4 is 63.9 Å². The molecule has 1 aliphatic rings. The summed E-state index contributed by atoms with van der Waals surface area (Å²) >= 11 is 17.2. The largest absolute Gasteiger partial charge is 0.369 e. The van der Waals surface area contributed by atoms with Crippen LogP contribution in [0.15, 0.2) is 48.5 Å². The molecule has 0 bridgehead atoms. The Morgan fingerprint density at radius 2 is 1.93 bits per heavy atom. The number of carbonyl (C=O) groups excluding carboxylic acids is 1.